The number of nitrogens with zero attached hydrogens (tertiary/aromatic N) is 2. The van der Waals surface area contributed by atoms with Crippen LogP contribution < -0.4 is 15.5 Å². The van der Waals surface area contributed by atoms with Crippen LogP contribution in [0.3, 0.4) is 0 Å². The van der Waals surface area contributed by atoms with E-state index in [0.29, 0.717) is 12.2 Å². The van der Waals surface area contributed by atoms with E-state index in [0.717, 1.165) is 39.1 Å². The number of carbonyl (C=O) groups is 1. The highest BCUT2D eigenvalue weighted by molar-refractivity contribution is 5.73. The summed E-state index contributed by atoms with van der Waals surface area (Å²) in [4.78, 5) is 15.8. The Morgan fingerprint density at radius 1 is 1.25 bits per heavy atom. The molecule has 0 aromatic heterocycles. The molecular weight excluding hydrogens is 311 g/mol. The van der Waals surface area contributed by atoms with Crippen LogP contribution in [0.2, 0.25) is 0 Å². The Bertz CT molecular complexity index is 519. The van der Waals surface area contributed by atoms with E-state index in [1.165, 1.54) is 6.07 Å². The number of urea groups is 1. The van der Waals surface area contributed by atoms with Crippen LogP contribution in [0.1, 0.15) is 13.3 Å². The Morgan fingerprint density at radius 3 is 2.62 bits per heavy atom. The molecule has 0 radical (unpaired) electrons. The number of para-hydroxylation sites is 1. The molecule has 2 amide bonds. The monoisotopic (exact) mass is 338 g/mol. The molecule has 0 spiro atoms. The number of hydrogen-bond acceptors (Lipinski definition) is 4. The number of halogens is 1. The highest BCUT2D eigenvalue weighted by Gasteiger charge is 2.18. The second-order valence-electron chi connectivity index (χ2n) is 6.12. The van der Waals surface area contributed by atoms with Crippen LogP contribution in [-0.4, -0.2) is 68.0 Å². The lowest BCUT2D eigenvalue weighted by Gasteiger charge is -2.36. The molecule has 2 rings (SSSR count). The van der Waals surface area contributed by atoms with E-state index >= 15 is 0 Å². The van der Waals surface area contributed by atoms with E-state index in [1.807, 2.05) is 12.1 Å². The summed E-state index contributed by atoms with van der Waals surface area (Å²) in [5.41, 5.74) is 0.675. The molecule has 134 valence electrons. The molecule has 24 heavy (non-hydrogen) atoms. The lowest BCUT2D eigenvalue weighted by Crippen LogP contribution is -2.47. The Kier molecular flexibility index (Phi) is 7.27. The molecule has 1 aliphatic rings. The van der Waals surface area contributed by atoms with E-state index in [2.05, 4.69) is 20.4 Å². The summed E-state index contributed by atoms with van der Waals surface area (Å²) < 4.78 is 13.8. The largest absolute Gasteiger partial charge is 0.392 e. The maximum Gasteiger partial charge on any atom is 0.314 e. The van der Waals surface area contributed by atoms with Crippen molar-refractivity contribution in [1.29, 1.82) is 0 Å². The minimum absolute atomic E-state index is 0.168. The minimum Gasteiger partial charge on any atom is -0.392 e. The van der Waals surface area contributed by atoms with Gasteiger partial charge in [0.2, 0.25) is 0 Å². The standard InChI is InChI=1S/C17H27FN4O2/c1-14(23)13-20-17(24)19-7-4-8-21-9-11-22(12-10-21)16-6-3-2-5-15(16)18/h2-3,5-6,14,23H,4,7-13H2,1H3,(H2,19,20,24)/t14-/m1/s1. The van der Waals surface area contributed by atoms with Crippen molar-refractivity contribution in [3.8, 4) is 0 Å². The molecule has 1 aromatic carbocycles. The highest BCUT2D eigenvalue weighted by atomic mass is 19.1. The molecular formula is C17H27FN4O2. The molecule has 0 aliphatic carbocycles. The van der Waals surface area contributed by atoms with Gasteiger partial charge in [0.1, 0.15) is 5.82 Å². The van der Waals surface area contributed by atoms with Crippen LogP contribution in [-0.2, 0) is 0 Å². The third kappa shape index (κ3) is 5.98. The molecule has 1 aromatic rings. The van der Waals surface area contributed by atoms with Crippen LogP contribution in [0.25, 0.3) is 0 Å². The van der Waals surface area contributed by atoms with E-state index in [1.54, 1.807) is 13.0 Å². The maximum absolute atomic E-state index is 13.8. The first-order valence-corrected chi connectivity index (χ1v) is 8.48. The molecule has 1 aliphatic heterocycles. The van der Waals surface area contributed by atoms with Crippen molar-refractivity contribution in [2.45, 2.75) is 19.4 Å². The molecule has 1 saturated heterocycles. The zero-order valence-electron chi connectivity index (χ0n) is 14.2. The second-order valence-corrected chi connectivity index (χ2v) is 6.12. The lowest BCUT2D eigenvalue weighted by molar-refractivity contribution is 0.187. The zero-order valence-corrected chi connectivity index (χ0v) is 14.2. The number of amides is 2. The minimum atomic E-state index is -0.540. The number of aliphatic hydroxyl groups is 1. The quantitative estimate of drug-likeness (QED) is 0.650. The van der Waals surface area contributed by atoms with Crippen molar-refractivity contribution in [3.05, 3.63) is 30.1 Å². The van der Waals surface area contributed by atoms with Gasteiger partial charge in [-0.05, 0) is 32.0 Å². The van der Waals surface area contributed by atoms with Crippen molar-refractivity contribution in [1.82, 2.24) is 15.5 Å². The van der Waals surface area contributed by atoms with E-state index < -0.39 is 6.10 Å². The van der Waals surface area contributed by atoms with Gasteiger partial charge in [-0.1, -0.05) is 12.1 Å². The number of hydrogen-bond donors (Lipinski definition) is 3. The zero-order chi connectivity index (χ0) is 17.4. The average molecular weight is 338 g/mol. The Morgan fingerprint density at radius 2 is 1.96 bits per heavy atom. The molecule has 1 fully saturated rings. The number of benzene rings is 1. The molecule has 0 bridgehead atoms. The number of carbonyl (C=O) groups excluding carboxylic acids is 1. The fourth-order valence-corrected chi connectivity index (χ4v) is 2.73. The lowest BCUT2D eigenvalue weighted by atomic mass is 10.2. The van der Waals surface area contributed by atoms with Crippen molar-refractivity contribution >= 4 is 11.7 Å². The van der Waals surface area contributed by atoms with E-state index in [9.17, 15) is 9.18 Å². The Hall–Kier alpha value is -1.86. The highest BCUT2D eigenvalue weighted by Crippen LogP contribution is 2.20. The van der Waals surface area contributed by atoms with Crippen LogP contribution in [0.4, 0.5) is 14.9 Å². The molecule has 7 heteroatoms. The second kappa shape index (κ2) is 9.44. The van der Waals surface area contributed by atoms with Gasteiger partial charge < -0.3 is 20.6 Å². The van der Waals surface area contributed by atoms with Gasteiger partial charge >= 0.3 is 6.03 Å². The summed E-state index contributed by atoms with van der Waals surface area (Å²) in [6, 6.07) is 6.63. The topological polar surface area (TPSA) is 67.8 Å². The van der Waals surface area contributed by atoms with Crippen LogP contribution >= 0.6 is 0 Å². The molecule has 1 heterocycles. The summed E-state index contributed by atoms with van der Waals surface area (Å²) in [7, 11) is 0. The summed E-state index contributed by atoms with van der Waals surface area (Å²) in [5, 5.41) is 14.5. The number of anilines is 1. The van der Waals surface area contributed by atoms with E-state index in [4.69, 9.17) is 5.11 Å². The maximum atomic E-state index is 13.8. The third-order valence-electron chi connectivity index (χ3n) is 4.06. The normalized spacial score (nSPS) is 16.7. The van der Waals surface area contributed by atoms with Crippen molar-refractivity contribution in [2.75, 3.05) is 50.7 Å². The van der Waals surface area contributed by atoms with Crippen LogP contribution in [0, 0.1) is 5.82 Å². The average Bonchev–Trinajstić information content (AvgIpc) is 2.58. The van der Waals surface area contributed by atoms with Crippen LogP contribution in [0.5, 0.6) is 0 Å². The molecule has 0 unspecified atom stereocenters. The fourth-order valence-electron chi connectivity index (χ4n) is 2.73. The van der Waals surface area contributed by atoms with Gasteiger partial charge in [0.15, 0.2) is 0 Å². The van der Waals surface area contributed by atoms with Gasteiger partial charge in [0, 0.05) is 39.3 Å². The third-order valence-corrected chi connectivity index (χ3v) is 4.06. The van der Waals surface area contributed by atoms with Crippen molar-refractivity contribution in [3.63, 3.8) is 0 Å². The molecule has 6 nitrogen and oxygen atoms in total. The predicted molar refractivity (Wildman–Crippen MR) is 92.8 cm³/mol. The van der Waals surface area contributed by atoms with Gasteiger partial charge in [-0.2, -0.15) is 0 Å². The summed E-state index contributed by atoms with van der Waals surface area (Å²) >= 11 is 0. The van der Waals surface area contributed by atoms with Gasteiger partial charge in [0.05, 0.1) is 11.8 Å². The first-order chi connectivity index (χ1) is 11.6. The number of nitrogens with one attached hydrogen (secondary N) is 2. The summed E-state index contributed by atoms with van der Waals surface area (Å²) in [6.45, 7) is 6.78. The SMILES string of the molecule is C[C@@H](O)CNC(=O)NCCCN1CCN(c2ccccc2F)CC1. The van der Waals surface area contributed by atoms with Gasteiger partial charge in [-0.3, -0.25) is 4.90 Å². The Labute approximate surface area is 142 Å². The van der Waals surface area contributed by atoms with Gasteiger partial charge in [-0.25, -0.2) is 9.18 Å². The van der Waals surface area contributed by atoms with E-state index in [-0.39, 0.29) is 18.4 Å². The number of aliphatic hydroxyl groups excluding tert-OH is 1. The summed E-state index contributed by atoms with van der Waals surface area (Å²) in [5.74, 6) is -0.168. The summed E-state index contributed by atoms with van der Waals surface area (Å²) in [6.07, 6.45) is 0.323. The molecule has 3 N–H and O–H groups in total. The predicted octanol–water partition coefficient (Wildman–Crippen LogP) is 1.02. The van der Waals surface area contributed by atoms with Crippen molar-refractivity contribution < 1.29 is 14.3 Å². The fraction of sp³-hybridized carbons (Fsp3) is 0.588. The van der Waals surface area contributed by atoms with Crippen LogP contribution in [0.15, 0.2) is 24.3 Å². The van der Waals surface area contributed by atoms with Gasteiger partial charge in [0.25, 0.3) is 0 Å². The first-order valence-electron chi connectivity index (χ1n) is 8.48. The number of rotatable bonds is 7. The van der Waals surface area contributed by atoms with Crippen molar-refractivity contribution in [2.24, 2.45) is 0 Å². The molecule has 0 saturated carbocycles. The Balaban J connectivity index is 1.60. The molecule has 1 atom stereocenters. The number of piperazine rings is 1. The van der Waals surface area contributed by atoms with Gasteiger partial charge in [-0.15, -0.1) is 0 Å². The first kappa shape index (κ1) is 18.5. The smallest absolute Gasteiger partial charge is 0.314 e.